The van der Waals surface area contributed by atoms with Crippen molar-refractivity contribution in [3.63, 3.8) is 0 Å². The Hall–Kier alpha value is -0.790. The highest BCUT2D eigenvalue weighted by Gasteiger charge is 2.20. The van der Waals surface area contributed by atoms with Gasteiger partial charge in [-0.1, -0.05) is 19.9 Å². The molecule has 4 heteroatoms. The van der Waals surface area contributed by atoms with Crippen LogP contribution in [0.5, 0.6) is 0 Å². The molecule has 1 aromatic carbocycles. The minimum atomic E-state index is 0.646. The SMILES string of the molecule is CCSc1cccc(N2CCSC(C)C2)c1C#N. The number of nitriles is 1. The highest BCUT2D eigenvalue weighted by molar-refractivity contribution is 8.00. The Morgan fingerprint density at radius 2 is 2.39 bits per heavy atom. The zero-order valence-electron chi connectivity index (χ0n) is 10.8. The molecular weight excluding hydrogens is 260 g/mol. The van der Waals surface area contributed by atoms with Gasteiger partial charge in [0.1, 0.15) is 6.07 Å². The van der Waals surface area contributed by atoms with E-state index in [1.807, 2.05) is 11.8 Å². The Balaban J connectivity index is 2.32. The van der Waals surface area contributed by atoms with Gasteiger partial charge in [0.2, 0.25) is 0 Å². The van der Waals surface area contributed by atoms with Crippen LogP contribution >= 0.6 is 23.5 Å². The second-order valence-electron chi connectivity index (χ2n) is 4.32. The molecule has 1 heterocycles. The van der Waals surface area contributed by atoms with E-state index in [1.165, 1.54) is 0 Å². The molecular formula is C14H18N2S2. The molecule has 1 atom stereocenters. The van der Waals surface area contributed by atoms with Crippen LogP contribution in [0.25, 0.3) is 0 Å². The molecule has 0 aromatic heterocycles. The van der Waals surface area contributed by atoms with E-state index in [1.54, 1.807) is 11.8 Å². The van der Waals surface area contributed by atoms with Gasteiger partial charge in [0, 0.05) is 29.0 Å². The van der Waals surface area contributed by atoms with Crippen LogP contribution in [0.2, 0.25) is 0 Å². The van der Waals surface area contributed by atoms with Gasteiger partial charge in [-0.15, -0.1) is 11.8 Å². The topological polar surface area (TPSA) is 27.0 Å². The van der Waals surface area contributed by atoms with Gasteiger partial charge in [0.25, 0.3) is 0 Å². The fourth-order valence-corrected chi connectivity index (χ4v) is 4.00. The lowest BCUT2D eigenvalue weighted by molar-refractivity contribution is 0.780. The third-order valence-electron chi connectivity index (χ3n) is 3.00. The highest BCUT2D eigenvalue weighted by Crippen LogP contribution is 2.32. The van der Waals surface area contributed by atoms with E-state index < -0.39 is 0 Å². The first-order chi connectivity index (χ1) is 8.76. The van der Waals surface area contributed by atoms with Crippen molar-refractivity contribution >= 4 is 29.2 Å². The summed E-state index contributed by atoms with van der Waals surface area (Å²) in [6, 6.07) is 8.60. The molecule has 96 valence electrons. The summed E-state index contributed by atoms with van der Waals surface area (Å²) < 4.78 is 0. The van der Waals surface area contributed by atoms with Gasteiger partial charge in [-0.05, 0) is 17.9 Å². The smallest absolute Gasteiger partial charge is 0.103 e. The van der Waals surface area contributed by atoms with Crippen LogP contribution in [0.3, 0.4) is 0 Å². The summed E-state index contributed by atoms with van der Waals surface area (Å²) in [5, 5.41) is 10.1. The van der Waals surface area contributed by atoms with Crippen molar-refractivity contribution in [1.82, 2.24) is 0 Å². The van der Waals surface area contributed by atoms with Crippen LogP contribution in [-0.2, 0) is 0 Å². The molecule has 0 N–H and O–H groups in total. The van der Waals surface area contributed by atoms with Gasteiger partial charge in [-0.25, -0.2) is 0 Å². The summed E-state index contributed by atoms with van der Waals surface area (Å²) in [5.74, 6) is 2.15. The van der Waals surface area contributed by atoms with Crippen molar-refractivity contribution in [3.05, 3.63) is 23.8 Å². The van der Waals surface area contributed by atoms with Gasteiger partial charge in [-0.3, -0.25) is 0 Å². The maximum Gasteiger partial charge on any atom is 0.103 e. The zero-order valence-corrected chi connectivity index (χ0v) is 12.5. The van der Waals surface area contributed by atoms with Crippen molar-refractivity contribution in [2.24, 2.45) is 0 Å². The predicted molar refractivity (Wildman–Crippen MR) is 81.7 cm³/mol. The third-order valence-corrected chi connectivity index (χ3v) is 5.07. The van der Waals surface area contributed by atoms with E-state index in [0.29, 0.717) is 5.25 Å². The fraction of sp³-hybridized carbons (Fsp3) is 0.500. The molecule has 1 saturated heterocycles. The first kappa shape index (κ1) is 13.6. The van der Waals surface area contributed by atoms with E-state index in [2.05, 4.69) is 43.0 Å². The Bertz CT molecular complexity index is 454. The van der Waals surface area contributed by atoms with E-state index in [-0.39, 0.29) is 0 Å². The minimum absolute atomic E-state index is 0.646. The molecule has 1 aliphatic rings. The second-order valence-corrected chi connectivity index (χ2v) is 7.17. The fourth-order valence-electron chi connectivity index (χ4n) is 2.21. The molecule has 18 heavy (non-hydrogen) atoms. The standard InChI is InChI=1S/C14H18N2S2/c1-3-17-14-6-4-5-13(12(14)9-15)16-7-8-18-11(2)10-16/h4-6,11H,3,7-8,10H2,1-2H3. The van der Waals surface area contributed by atoms with Crippen LogP contribution in [0.15, 0.2) is 23.1 Å². The largest absolute Gasteiger partial charge is 0.369 e. The second kappa shape index (κ2) is 6.40. The summed E-state index contributed by atoms with van der Waals surface area (Å²) in [4.78, 5) is 3.47. The molecule has 0 spiro atoms. The number of hydrogen-bond donors (Lipinski definition) is 0. The molecule has 0 radical (unpaired) electrons. The van der Waals surface area contributed by atoms with Crippen LogP contribution in [0.4, 0.5) is 5.69 Å². The molecule has 1 aliphatic heterocycles. The van der Waals surface area contributed by atoms with Gasteiger partial charge >= 0.3 is 0 Å². The molecule has 2 rings (SSSR count). The number of hydrogen-bond acceptors (Lipinski definition) is 4. The van der Waals surface area contributed by atoms with E-state index in [4.69, 9.17) is 0 Å². The Kier molecular flexibility index (Phi) is 4.85. The zero-order chi connectivity index (χ0) is 13.0. The van der Waals surface area contributed by atoms with E-state index in [0.717, 1.165) is 40.7 Å². The molecule has 0 saturated carbocycles. The van der Waals surface area contributed by atoms with Crippen LogP contribution < -0.4 is 4.90 Å². The van der Waals surface area contributed by atoms with Crippen molar-refractivity contribution in [1.29, 1.82) is 5.26 Å². The van der Waals surface area contributed by atoms with Gasteiger partial charge in [0.15, 0.2) is 0 Å². The van der Waals surface area contributed by atoms with Crippen LogP contribution in [0, 0.1) is 11.3 Å². The molecule has 1 aromatic rings. The summed E-state index contributed by atoms with van der Waals surface area (Å²) >= 11 is 3.77. The number of anilines is 1. The first-order valence-corrected chi connectivity index (χ1v) is 8.32. The van der Waals surface area contributed by atoms with Crippen molar-refractivity contribution in [3.8, 4) is 6.07 Å². The number of benzene rings is 1. The van der Waals surface area contributed by atoms with Crippen LogP contribution in [-0.4, -0.2) is 29.8 Å². The molecule has 1 fully saturated rings. The first-order valence-electron chi connectivity index (χ1n) is 6.28. The van der Waals surface area contributed by atoms with Crippen LogP contribution in [0.1, 0.15) is 19.4 Å². The lowest BCUT2D eigenvalue weighted by atomic mass is 10.1. The van der Waals surface area contributed by atoms with E-state index >= 15 is 0 Å². The Morgan fingerprint density at radius 1 is 1.56 bits per heavy atom. The summed E-state index contributed by atoms with van der Waals surface area (Å²) in [6.45, 7) is 6.47. The lowest BCUT2D eigenvalue weighted by Crippen LogP contribution is -2.37. The third kappa shape index (κ3) is 2.96. The average molecular weight is 278 g/mol. The highest BCUT2D eigenvalue weighted by atomic mass is 32.2. The normalized spacial score (nSPS) is 19.6. The van der Waals surface area contributed by atoms with E-state index in [9.17, 15) is 5.26 Å². The molecule has 1 unspecified atom stereocenters. The number of thioether (sulfide) groups is 2. The molecule has 2 nitrogen and oxygen atoms in total. The van der Waals surface area contributed by atoms with Crippen molar-refractivity contribution in [2.75, 3.05) is 29.5 Å². The summed E-state index contributed by atoms with van der Waals surface area (Å²) in [5.41, 5.74) is 1.96. The summed E-state index contributed by atoms with van der Waals surface area (Å²) in [7, 11) is 0. The number of rotatable bonds is 3. The Morgan fingerprint density at radius 3 is 3.06 bits per heavy atom. The van der Waals surface area contributed by atoms with Gasteiger partial charge < -0.3 is 4.90 Å². The number of nitrogens with zero attached hydrogens (tertiary/aromatic N) is 2. The molecule has 0 bridgehead atoms. The Labute approximate surface area is 118 Å². The lowest BCUT2D eigenvalue weighted by Gasteiger charge is -2.33. The van der Waals surface area contributed by atoms with Gasteiger partial charge in [0.05, 0.1) is 11.3 Å². The maximum absolute atomic E-state index is 9.43. The summed E-state index contributed by atoms with van der Waals surface area (Å²) in [6.07, 6.45) is 0. The maximum atomic E-state index is 9.43. The molecule has 0 aliphatic carbocycles. The van der Waals surface area contributed by atoms with Crippen molar-refractivity contribution < 1.29 is 0 Å². The average Bonchev–Trinajstić information content (AvgIpc) is 2.39. The monoisotopic (exact) mass is 278 g/mol. The minimum Gasteiger partial charge on any atom is -0.369 e. The quantitative estimate of drug-likeness (QED) is 0.789. The van der Waals surface area contributed by atoms with Crippen molar-refractivity contribution in [2.45, 2.75) is 24.0 Å². The predicted octanol–water partition coefficient (Wildman–Crippen LogP) is 3.61. The van der Waals surface area contributed by atoms with Gasteiger partial charge in [-0.2, -0.15) is 17.0 Å². The molecule has 0 amide bonds.